The summed E-state index contributed by atoms with van der Waals surface area (Å²) >= 11 is 0. The summed E-state index contributed by atoms with van der Waals surface area (Å²) in [5.41, 5.74) is 0.250. The zero-order chi connectivity index (χ0) is 13.1. The third kappa shape index (κ3) is 2.97. The molecule has 1 heterocycles. The molecule has 1 amide bonds. The van der Waals surface area contributed by atoms with E-state index in [4.69, 9.17) is 0 Å². The van der Waals surface area contributed by atoms with Crippen LogP contribution in [0.15, 0.2) is 12.3 Å². The van der Waals surface area contributed by atoms with Gasteiger partial charge in [-0.1, -0.05) is 6.92 Å². The Hall–Kier alpha value is -1.65. The van der Waals surface area contributed by atoms with Crippen molar-refractivity contribution in [1.29, 1.82) is 0 Å². The van der Waals surface area contributed by atoms with Gasteiger partial charge in [-0.05, 0) is 30.7 Å². The van der Waals surface area contributed by atoms with E-state index in [1.165, 1.54) is 18.9 Å². The van der Waals surface area contributed by atoms with Gasteiger partial charge in [-0.25, -0.2) is 9.37 Å². The summed E-state index contributed by atoms with van der Waals surface area (Å²) in [4.78, 5) is 15.8. The molecule has 1 aliphatic carbocycles. The highest BCUT2D eigenvalue weighted by atomic mass is 19.1. The van der Waals surface area contributed by atoms with Crippen molar-refractivity contribution in [3.8, 4) is 0 Å². The lowest BCUT2D eigenvalue weighted by molar-refractivity contribution is 0.0946. The molecule has 0 spiro atoms. The molecule has 1 fully saturated rings. The number of aromatic nitrogens is 1. The number of nitrogens with zero attached hydrogens (tertiary/aromatic N) is 1. The average molecular weight is 251 g/mol. The number of nitrogens with one attached hydrogen (secondary N) is 2. The highest BCUT2D eigenvalue weighted by Gasteiger charge is 2.28. The van der Waals surface area contributed by atoms with E-state index in [0.717, 1.165) is 12.1 Å². The maximum Gasteiger partial charge on any atom is 0.255 e. The first kappa shape index (κ1) is 12.8. The molecular weight excluding hydrogens is 233 g/mol. The van der Waals surface area contributed by atoms with Gasteiger partial charge in [0.1, 0.15) is 11.6 Å². The Balaban J connectivity index is 2.00. The zero-order valence-electron chi connectivity index (χ0n) is 10.7. The molecule has 0 aliphatic heterocycles. The van der Waals surface area contributed by atoms with E-state index in [9.17, 15) is 9.18 Å². The van der Waals surface area contributed by atoms with Crippen molar-refractivity contribution < 1.29 is 9.18 Å². The van der Waals surface area contributed by atoms with E-state index in [0.29, 0.717) is 18.3 Å². The van der Waals surface area contributed by atoms with Crippen molar-refractivity contribution in [2.24, 2.45) is 11.8 Å². The number of carbonyl (C=O) groups is 1. The van der Waals surface area contributed by atoms with Crippen molar-refractivity contribution in [3.05, 3.63) is 23.6 Å². The van der Waals surface area contributed by atoms with E-state index in [2.05, 4.69) is 22.5 Å². The number of anilines is 1. The highest BCUT2D eigenvalue weighted by molar-refractivity contribution is 5.98. The van der Waals surface area contributed by atoms with Gasteiger partial charge in [-0.3, -0.25) is 4.79 Å². The Labute approximate surface area is 106 Å². The van der Waals surface area contributed by atoms with Gasteiger partial charge in [0.05, 0.1) is 11.8 Å². The van der Waals surface area contributed by atoms with Crippen LogP contribution in [0.3, 0.4) is 0 Å². The summed E-state index contributed by atoms with van der Waals surface area (Å²) in [7, 11) is 1.66. The van der Waals surface area contributed by atoms with Crippen molar-refractivity contribution in [1.82, 2.24) is 10.3 Å². The van der Waals surface area contributed by atoms with Gasteiger partial charge >= 0.3 is 0 Å². The maximum absolute atomic E-state index is 13.1. The summed E-state index contributed by atoms with van der Waals surface area (Å²) in [6.07, 6.45) is 3.59. The first-order chi connectivity index (χ1) is 8.61. The van der Waals surface area contributed by atoms with Crippen molar-refractivity contribution >= 4 is 11.7 Å². The summed E-state index contributed by atoms with van der Waals surface area (Å²) in [5, 5.41) is 5.62. The number of carbonyl (C=O) groups excluding carboxylic acids is 1. The second-order valence-corrected chi connectivity index (χ2v) is 4.82. The molecule has 98 valence electrons. The largest absolute Gasteiger partial charge is 0.372 e. The van der Waals surface area contributed by atoms with E-state index in [1.54, 1.807) is 7.05 Å². The molecule has 2 N–H and O–H groups in total. The Kier molecular flexibility index (Phi) is 3.79. The second-order valence-electron chi connectivity index (χ2n) is 4.82. The smallest absolute Gasteiger partial charge is 0.255 e. The fourth-order valence-corrected chi connectivity index (χ4v) is 1.99. The van der Waals surface area contributed by atoms with Gasteiger partial charge in [0.15, 0.2) is 0 Å². The van der Waals surface area contributed by atoms with Crippen LogP contribution in [0.25, 0.3) is 0 Å². The number of amides is 1. The fourth-order valence-electron chi connectivity index (χ4n) is 1.99. The molecule has 1 unspecified atom stereocenters. The predicted molar refractivity (Wildman–Crippen MR) is 68.0 cm³/mol. The lowest BCUT2D eigenvalue weighted by atomic mass is 10.1. The Bertz CT molecular complexity index is 446. The number of halogens is 1. The molecular formula is C13H18FN3O. The molecule has 0 aromatic carbocycles. The topological polar surface area (TPSA) is 54.0 Å². The molecule has 1 aliphatic rings. The average Bonchev–Trinajstić information content (AvgIpc) is 3.19. The zero-order valence-corrected chi connectivity index (χ0v) is 10.7. The summed E-state index contributed by atoms with van der Waals surface area (Å²) in [6, 6.07) is 1.20. The van der Waals surface area contributed by atoms with Crippen LogP contribution in [-0.2, 0) is 0 Å². The van der Waals surface area contributed by atoms with Crippen LogP contribution in [0.2, 0.25) is 0 Å². The van der Waals surface area contributed by atoms with Crippen molar-refractivity contribution in [3.63, 3.8) is 0 Å². The van der Waals surface area contributed by atoms with Crippen molar-refractivity contribution in [2.75, 3.05) is 18.9 Å². The highest BCUT2D eigenvalue weighted by Crippen LogP contribution is 2.36. The molecule has 1 aromatic rings. The molecule has 1 aromatic heterocycles. The number of rotatable bonds is 5. The van der Waals surface area contributed by atoms with Crippen LogP contribution in [-0.4, -0.2) is 24.5 Å². The molecule has 1 atom stereocenters. The first-order valence-corrected chi connectivity index (χ1v) is 6.23. The normalized spacial score (nSPS) is 16.2. The molecule has 2 rings (SSSR count). The first-order valence-electron chi connectivity index (χ1n) is 6.23. The predicted octanol–water partition coefficient (Wildman–Crippen LogP) is 2.04. The minimum absolute atomic E-state index is 0.250. The van der Waals surface area contributed by atoms with Gasteiger partial charge in [-0.15, -0.1) is 0 Å². The third-order valence-corrected chi connectivity index (χ3v) is 3.35. The Morgan fingerprint density at radius 3 is 2.94 bits per heavy atom. The minimum atomic E-state index is -0.505. The molecule has 0 bridgehead atoms. The Morgan fingerprint density at radius 2 is 2.33 bits per heavy atom. The van der Waals surface area contributed by atoms with Crippen LogP contribution >= 0.6 is 0 Å². The van der Waals surface area contributed by atoms with Crippen LogP contribution in [0, 0.1) is 17.7 Å². The van der Waals surface area contributed by atoms with Crippen LogP contribution < -0.4 is 10.6 Å². The quantitative estimate of drug-likeness (QED) is 0.842. The second kappa shape index (κ2) is 5.33. The van der Waals surface area contributed by atoms with Gasteiger partial charge in [-0.2, -0.15) is 0 Å². The number of pyridine rings is 1. The maximum atomic E-state index is 13.1. The Morgan fingerprint density at radius 1 is 1.61 bits per heavy atom. The van der Waals surface area contributed by atoms with Crippen LogP contribution in [0.4, 0.5) is 10.2 Å². The SMILES string of the molecule is CNc1ncc(F)cc1C(=O)NCC(C)C1CC1. The monoisotopic (exact) mass is 251 g/mol. The van der Waals surface area contributed by atoms with E-state index in [1.807, 2.05) is 0 Å². The third-order valence-electron chi connectivity index (χ3n) is 3.35. The molecule has 5 heteroatoms. The van der Waals surface area contributed by atoms with Crippen LogP contribution in [0.5, 0.6) is 0 Å². The van der Waals surface area contributed by atoms with E-state index in [-0.39, 0.29) is 11.5 Å². The lowest BCUT2D eigenvalue weighted by Crippen LogP contribution is -2.29. The summed E-state index contributed by atoms with van der Waals surface area (Å²) in [5.74, 6) is 0.828. The lowest BCUT2D eigenvalue weighted by Gasteiger charge is -2.13. The molecule has 18 heavy (non-hydrogen) atoms. The fraction of sp³-hybridized carbons (Fsp3) is 0.538. The van der Waals surface area contributed by atoms with Gasteiger partial charge in [0.2, 0.25) is 0 Å². The molecule has 4 nitrogen and oxygen atoms in total. The number of hydrogen-bond acceptors (Lipinski definition) is 3. The number of hydrogen-bond donors (Lipinski definition) is 2. The molecule has 1 saturated carbocycles. The molecule has 0 saturated heterocycles. The standard InChI is InChI=1S/C13H18FN3O/c1-8(9-3-4-9)6-17-13(18)11-5-10(14)7-16-12(11)15-2/h5,7-9H,3-4,6H2,1-2H3,(H,15,16)(H,17,18). The van der Waals surface area contributed by atoms with Gasteiger partial charge in [0.25, 0.3) is 5.91 Å². The van der Waals surface area contributed by atoms with Crippen LogP contribution in [0.1, 0.15) is 30.1 Å². The van der Waals surface area contributed by atoms with E-state index >= 15 is 0 Å². The van der Waals surface area contributed by atoms with Gasteiger partial charge in [0, 0.05) is 13.6 Å². The minimum Gasteiger partial charge on any atom is -0.372 e. The summed E-state index contributed by atoms with van der Waals surface area (Å²) in [6.45, 7) is 2.75. The van der Waals surface area contributed by atoms with E-state index < -0.39 is 5.82 Å². The summed E-state index contributed by atoms with van der Waals surface area (Å²) < 4.78 is 13.1. The molecule has 0 radical (unpaired) electrons. The van der Waals surface area contributed by atoms with Gasteiger partial charge < -0.3 is 10.6 Å². The van der Waals surface area contributed by atoms with Crippen molar-refractivity contribution in [2.45, 2.75) is 19.8 Å².